The minimum Gasteiger partial charge on any atom is -0.372 e. The highest BCUT2D eigenvalue weighted by molar-refractivity contribution is 5.77. The summed E-state index contributed by atoms with van der Waals surface area (Å²) < 4.78 is 5.76. The van der Waals surface area contributed by atoms with Crippen LogP contribution >= 0.6 is 0 Å². The third-order valence-electron chi connectivity index (χ3n) is 3.45. The van der Waals surface area contributed by atoms with E-state index in [9.17, 15) is 4.79 Å². The molecular weight excluding hydrogens is 268 g/mol. The van der Waals surface area contributed by atoms with Crippen LogP contribution in [0.15, 0.2) is 18.5 Å². The maximum Gasteiger partial charge on any atom is 0.240 e. The van der Waals surface area contributed by atoms with Gasteiger partial charge in [0.15, 0.2) is 5.82 Å². The van der Waals surface area contributed by atoms with Gasteiger partial charge in [-0.05, 0) is 46.6 Å². The summed E-state index contributed by atoms with van der Waals surface area (Å²) in [5.74, 6) is 6.52. The van der Waals surface area contributed by atoms with E-state index in [4.69, 9.17) is 10.6 Å². The van der Waals surface area contributed by atoms with E-state index in [2.05, 4.69) is 9.97 Å². The second-order valence-corrected chi connectivity index (χ2v) is 6.61. The van der Waals surface area contributed by atoms with Crippen LogP contribution in [0.25, 0.3) is 0 Å². The van der Waals surface area contributed by atoms with Crippen LogP contribution < -0.4 is 5.84 Å². The highest BCUT2D eigenvalue weighted by atomic mass is 16.5. The molecule has 0 spiro atoms. The number of carbonyl (C=O) groups is 1. The number of hydrogen-bond acceptors (Lipinski definition) is 5. The van der Waals surface area contributed by atoms with E-state index in [1.54, 1.807) is 18.5 Å². The molecule has 0 bridgehead atoms. The maximum atomic E-state index is 12.4. The molecule has 2 rings (SSSR count). The summed E-state index contributed by atoms with van der Waals surface area (Å²) in [4.78, 5) is 20.8. The van der Waals surface area contributed by atoms with Gasteiger partial charge in [-0.15, -0.1) is 0 Å². The topological polar surface area (TPSA) is 81.3 Å². The number of rotatable bonds is 5. The van der Waals surface area contributed by atoms with Crippen molar-refractivity contribution in [3.8, 4) is 0 Å². The molecule has 1 aliphatic carbocycles. The van der Waals surface area contributed by atoms with Crippen molar-refractivity contribution in [1.29, 1.82) is 0 Å². The van der Waals surface area contributed by atoms with Crippen LogP contribution in [0.3, 0.4) is 0 Å². The molecule has 1 saturated carbocycles. The predicted molar refractivity (Wildman–Crippen MR) is 78.9 cm³/mol. The number of hydrazine groups is 1. The summed E-state index contributed by atoms with van der Waals surface area (Å²) in [7, 11) is 0. The van der Waals surface area contributed by atoms with E-state index in [1.165, 1.54) is 5.01 Å². The molecule has 6 heteroatoms. The molecule has 0 aliphatic heterocycles. The van der Waals surface area contributed by atoms with Crippen molar-refractivity contribution >= 4 is 5.91 Å². The van der Waals surface area contributed by atoms with Gasteiger partial charge in [0, 0.05) is 12.4 Å². The van der Waals surface area contributed by atoms with Crippen LogP contribution in [0.4, 0.5) is 0 Å². The normalized spacial score (nSPS) is 18.1. The summed E-state index contributed by atoms with van der Waals surface area (Å²) in [5.41, 5.74) is -0.807. The van der Waals surface area contributed by atoms with E-state index in [0.717, 1.165) is 12.8 Å². The summed E-state index contributed by atoms with van der Waals surface area (Å²) >= 11 is 0. The molecule has 116 valence electrons. The van der Waals surface area contributed by atoms with Crippen LogP contribution in [-0.2, 0) is 15.1 Å². The number of hydrogen-bond donors (Lipinski definition) is 1. The van der Waals surface area contributed by atoms with E-state index >= 15 is 0 Å². The van der Waals surface area contributed by atoms with Crippen molar-refractivity contribution in [3.63, 3.8) is 0 Å². The highest BCUT2D eigenvalue weighted by Crippen LogP contribution is 2.48. The molecule has 21 heavy (non-hydrogen) atoms. The Labute approximate surface area is 125 Å². The minimum atomic E-state index is -0.528. The lowest BCUT2D eigenvalue weighted by Gasteiger charge is -2.29. The average molecular weight is 292 g/mol. The molecule has 1 aromatic rings. The third kappa shape index (κ3) is 3.77. The van der Waals surface area contributed by atoms with Crippen molar-refractivity contribution in [3.05, 3.63) is 24.3 Å². The summed E-state index contributed by atoms with van der Waals surface area (Å²) in [5, 5.41) is 1.30. The molecule has 0 saturated heterocycles. The zero-order valence-electron chi connectivity index (χ0n) is 13.2. The molecule has 1 aromatic heterocycles. The van der Waals surface area contributed by atoms with Crippen LogP contribution in [0, 0.1) is 0 Å². The standard InChI is InChI=1S/C15H24N4O2/c1-11(21-14(2,3)4)10-12(20)19(16)15(6-7-15)13-17-8-5-9-18-13/h5,8-9,11H,6-7,10,16H2,1-4H3. The Balaban J connectivity index is 2.00. The molecule has 1 amide bonds. The highest BCUT2D eigenvalue weighted by Gasteiger charge is 2.53. The molecule has 1 atom stereocenters. The van der Waals surface area contributed by atoms with Gasteiger partial charge < -0.3 is 4.74 Å². The largest absolute Gasteiger partial charge is 0.372 e. The Kier molecular flexibility index (Phi) is 4.30. The van der Waals surface area contributed by atoms with Crippen LogP contribution in [0.2, 0.25) is 0 Å². The molecule has 1 fully saturated rings. The van der Waals surface area contributed by atoms with Gasteiger partial charge >= 0.3 is 0 Å². The van der Waals surface area contributed by atoms with Crippen LogP contribution in [0.1, 0.15) is 52.8 Å². The fourth-order valence-electron chi connectivity index (χ4n) is 2.46. The predicted octanol–water partition coefficient (Wildman–Crippen LogP) is 1.76. The van der Waals surface area contributed by atoms with Gasteiger partial charge in [-0.25, -0.2) is 15.8 Å². The zero-order valence-corrected chi connectivity index (χ0v) is 13.2. The average Bonchev–Trinajstić information content (AvgIpc) is 3.18. The first-order valence-electron chi connectivity index (χ1n) is 7.28. The Morgan fingerprint density at radius 1 is 1.43 bits per heavy atom. The Bertz CT molecular complexity index is 494. The van der Waals surface area contributed by atoms with Gasteiger partial charge in [0.1, 0.15) is 5.54 Å². The van der Waals surface area contributed by atoms with E-state index in [0.29, 0.717) is 5.82 Å². The van der Waals surface area contributed by atoms with Crippen molar-refractivity contribution < 1.29 is 9.53 Å². The fourth-order valence-corrected chi connectivity index (χ4v) is 2.46. The number of carbonyl (C=O) groups excluding carboxylic acids is 1. The molecular formula is C15H24N4O2. The number of ether oxygens (including phenoxy) is 1. The van der Waals surface area contributed by atoms with Gasteiger partial charge in [0.2, 0.25) is 5.91 Å². The van der Waals surface area contributed by atoms with E-state index in [-0.39, 0.29) is 24.0 Å². The first-order chi connectivity index (χ1) is 9.74. The van der Waals surface area contributed by atoms with Crippen molar-refractivity contribution in [2.75, 3.05) is 0 Å². The van der Waals surface area contributed by atoms with Gasteiger partial charge in [0.05, 0.1) is 18.1 Å². The molecule has 0 radical (unpaired) electrons. The van der Waals surface area contributed by atoms with Gasteiger partial charge in [0.25, 0.3) is 0 Å². The SMILES string of the molecule is CC(CC(=O)N(N)C1(c2ncccn2)CC1)OC(C)(C)C. The smallest absolute Gasteiger partial charge is 0.240 e. The van der Waals surface area contributed by atoms with E-state index in [1.807, 2.05) is 27.7 Å². The molecule has 1 unspecified atom stereocenters. The fraction of sp³-hybridized carbons (Fsp3) is 0.667. The number of amides is 1. The maximum absolute atomic E-state index is 12.4. The Hall–Kier alpha value is -1.53. The lowest BCUT2D eigenvalue weighted by molar-refractivity contribution is -0.140. The van der Waals surface area contributed by atoms with Crippen LogP contribution in [-0.4, -0.2) is 32.6 Å². The first-order valence-corrected chi connectivity index (χ1v) is 7.28. The number of nitrogens with zero attached hydrogens (tertiary/aromatic N) is 3. The minimum absolute atomic E-state index is 0.142. The summed E-state index contributed by atoms with van der Waals surface area (Å²) in [6, 6.07) is 1.75. The van der Waals surface area contributed by atoms with Crippen molar-refractivity contribution in [1.82, 2.24) is 15.0 Å². The van der Waals surface area contributed by atoms with Gasteiger partial charge in [-0.1, -0.05) is 0 Å². The quantitative estimate of drug-likeness (QED) is 0.508. The van der Waals surface area contributed by atoms with Gasteiger partial charge in [-0.3, -0.25) is 9.80 Å². The Morgan fingerprint density at radius 3 is 2.48 bits per heavy atom. The lowest BCUT2D eigenvalue weighted by atomic mass is 10.1. The van der Waals surface area contributed by atoms with Crippen molar-refractivity contribution in [2.24, 2.45) is 5.84 Å². The first kappa shape index (κ1) is 15.9. The summed E-state index contributed by atoms with van der Waals surface area (Å²) in [6.45, 7) is 7.78. The molecule has 2 N–H and O–H groups in total. The van der Waals surface area contributed by atoms with Gasteiger partial charge in [-0.2, -0.15) is 0 Å². The molecule has 1 heterocycles. The van der Waals surface area contributed by atoms with Crippen molar-refractivity contribution in [2.45, 2.75) is 64.2 Å². The van der Waals surface area contributed by atoms with Crippen LogP contribution in [0.5, 0.6) is 0 Å². The van der Waals surface area contributed by atoms with E-state index < -0.39 is 5.54 Å². The zero-order chi connectivity index (χ0) is 15.7. The monoisotopic (exact) mass is 292 g/mol. The molecule has 0 aromatic carbocycles. The number of nitrogens with two attached hydrogens (primary N) is 1. The third-order valence-corrected chi connectivity index (χ3v) is 3.45. The Morgan fingerprint density at radius 2 is 2.00 bits per heavy atom. The lowest BCUT2D eigenvalue weighted by Crippen LogP contribution is -2.47. The molecule has 6 nitrogen and oxygen atoms in total. The molecule has 1 aliphatic rings. The second-order valence-electron chi connectivity index (χ2n) is 6.61. The summed E-state index contributed by atoms with van der Waals surface area (Å²) in [6.07, 6.45) is 5.01. The second kappa shape index (κ2) is 5.69. The number of aromatic nitrogens is 2.